The second-order valence-electron chi connectivity index (χ2n) is 6.65. The predicted molar refractivity (Wildman–Crippen MR) is 89.7 cm³/mol. The van der Waals surface area contributed by atoms with Crippen molar-refractivity contribution in [2.24, 2.45) is 0 Å². The minimum Gasteiger partial charge on any atom is -0.395 e. The predicted octanol–water partition coefficient (Wildman–Crippen LogP) is 2.65. The number of para-hydroxylation sites is 1. The van der Waals surface area contributed by atoms with E-state index in [9.17, 15) is 13.6 Å². The topological polar surface area (TPSA) is 68.0 Å². The Bertz CT molecular complexity index is 855. The number of hydrogen-bond donors (Lipinski definition) is 0. The summed E-state index contributed by atoms with van der Waals surface area (Å²) in [6, 6.07) is 6.23. The monoisotopic (exact) mass is 379 g/mol. The van der Waals surface area contributed by atoms with Gasteiger partial charge in [-0.1, -0.05) is 11.2 Å². The molecule has 3 heterocycles. The summed E-state index contributed by atoms with van der Waals surface area (Å²) in [5, 5.41) is 4.00. The van der Waals surface area contributed by atoms with Gasteiger partial charge >= 0.3 is 6.29 Å². The molecule has 9 heteroatoms. The van der Waals surface area contributed by atoms with E-state index < -0.39 is 6.29 Å². The third kappa shape index (κ3) is 3.73. The molecule has 0 N–H and O–H groups in total. The normalized spacial score (nSPS) is 19.1. The molecule has 0 unspecified atom stereocenters. The van der Waals surface area contributed by atoms with Crippen LogP contribution in [0.4, 0.5) is 8.78 Å². The molecule has 0 bridgehead atoms. The van der Waals surface area contributed by atoms with Crippen LogP contribution in [-0.4, -0.2) is 53.3 Å². The maximum atomic E-state index is 13.4. The Balaban J connectivity index is 1.44. The first kappa shape index (κ1) is 17.7. The van der Waals surface area contributed by atoms with E-state index >= 15 is 0 Å². The van der Waals surface area contributed by atoms with E-state index in [1.54, 1.807) is 4.90 Å². The van der Waals surface area contributed by atoms with Gasteiger partial charge in [-0.15, -0.1) is 8.78 Å². The lowest BCUT2D eigenvalue weighted by molar-refractivity contribution is -0.286. The highest BCUT2D eigenvalue weighted by molar-refractivity contribution is 5.98. The van der Waals surface area contributed by atoms with Crippen LogP contribution in [0.2, 0.25) is 0 Å². The van der Waals surface area contributed by atoms with Crippen LogP contribution in [0.25, 0.3) is 0 Å². The van der Waals surface area contributed by atoms with Crippen LogP contribution in [-0.2, 0) is 6.54 Å². The maximum absolute atomic E-state index is 13.4. The van der Waals surface area contributed by atoms with Crippen LogP contribution in [0.5, 0.6) is 11.5 Å². The van der Waals surface area contributed by atoms with Gasteiger partial charge in [0.1, 0.15) is 5.76 Å². The van der Waals surface area contributed by atoms with E-state index in [4.69, 9.17) is 4.52 Å². The number of aromatic nitrogens is 1. The summed E-state index contributed by atoms with van der Waals surface area (Å²) in [5.41, 5.74) is 0.936. The van der Waals surface area contributed by atoms with Crippen molar-refractivity contribution in [1.29, 1.82) is 0 Å². The van der Waals surface area contributed by atoms with E-state index in [-0.39, 0.29) is 23.0 Å². The van der Waals surface area contributed by atoms with Crippen molar-refractivity contribution in [1.82, 2.24) is 15.0 Å². The molecule has 1 amide bonds. The van der Waals surface area contributed by atoms with Crippen LogP contribution in [0, 0.1) is 6.92 Å². The second-order valence-corrected chi connectivity index (χ2v) is 6.65. The Morgan fingerprint density at radius 3 is 2.85 bits per heavy atom. The SMILES string of the molecule is Cc1cc(CN2CCCN(C(=O)c3cccc4c3OC(F)(F)O4)CC2)no1. The Morgan fingerprint density at radius 1 is 1.22 bits per heavy atom. The van der Waals surface area contributed by atoms with Gasteiger partial charge in [0.05, 0.1) is 11.3 Å². The summed E-state index contributed by atoms with van der Waals surface area (Å²) in [6.45, 7) is 4.96. The number of ether oxygens (including phenoxy) is 2. The van der Waals surface area contributed by atoms with Gasteiger partial charge in [-0.3, -0.25) is 9.69 Å². The molecule has 0 saturated carbocycles. The van der Waals surface area contributed by atoms with Crippen molar-refractivity contribution in [3.05, 3.63) is 41.3 Å². The molecular weight excluding hydrogens is 360 g/mol. The largest absolute Gasteiger partial charge is 0.586 e. The molecular formula is C18H19F2N3O4. The molecule has 4 rings (SSSR count). The number of fused-ring (bicyclic) bond motifs is 1. The summed E-state index contributed by atoms with van der Waals surface area (Å²) in [5.74, 6) is 0.0937. The van der Waals surface area contributed by atoms with E-state index in [0.717, 1.165) is 24.4 Å². The Morgan fingerprint density at radius 2 is 2.07 bits per heavy atom. The lowest BCUT2D eigenvalue weighted by Crippen LogP contribution is -2.35. The van der Waals surface area contributed by atoms with Gasteiger partial charge in [0.2, 0.25) is 0 Å². The zero-order valence-electron chi connectivity index (χ0n) is 14.8. The number of nitrogens with zero attached hydrogens (tertiary/aromatic N) is 3. The fourth-order valence-corrected chi connectivity index (χ4v) is 3.36. The number of carbonyl (C=O) groups excluding carboxylic acids is 1. The Kier molecular flexibility index (Phi) is 4.47. The minimum absolute atomic E-state index is 0.0882. The van der Waals surface area contributed by atoms with Gasteiger partial charge in [-0.05, 0) is 25.5 Å². The number of rotatable bonds is 3. The fraction of sp³-hybridized carbons (Fsp3) is 0.444. The molecule has 144 valence electrons. The highest BCUT2D eigenvalue weighted by Crippen LogP contribution is 2.43. The van der Waals surface area contributed by atoms with E-state index in [2.05, 4.69) is 19.5 Å². The first-order valence-electron chi connectivity index (χ1n) is 8.74. The fourth-order valence-electron chi connectivity index (χ4n) is 3.36. The first-order chi connectivity index (χ1) is 12.9. The summed E-state index contributed by atoms with van der Waals surface area (Å²) < 4.78 is 40.8. The number of carbonyl (C=O) groups is 1. The van der Waals surface area contributed by atoms with Gasteiger partial charge in [0.25, 0.3) is 5.91 Å². The Hall–Kier alpha value is -2.68. The van der Waals surface area contributed by atoms with Crippen LogP contribution in [0.3, 0.4) is 0 Å². The molecule has 0 aliphatic carbocycles. The third-order valence-corrected chi connectivity index (χ3v) is 4.60. The van der Waals surface area contributed by atoms with E-state index in [0.29, 0.717) is 26.2 Å². The summed E-state index contributed by atoms with van der Waals surface area (Å²) in [6.07, 6.45) is -2.98. The standard InChI is InChI=1S/C18H19F2N3O4/c1-12-10-13(21-27-12)11-22-6-3-7-23(9-8-22)17(24)14-4-2-5-15-16(14)26-18(19,20)25-15/h2,4-5,10H,3,6-9,11H2,1H3. The summed E-state index contributed by atoms with van der Waals surface area (Å²) in [4.78, 5) is 16.7. The number of alkyl halides is 2. The summed E-state index contributed by atoms with van der Waals surface area (Å²) >= 11 is 0. The van der Waals surface area contributed by atoms with E-state index in [1.165, 1.54) is 18.2 Å². The molecule has 1 aromatic carbocycles. The van der Waals surface area contributed by atoms with Crippen LogP contribution >= 0.6 is 0 Å². The van der Waals surface area contributed by atoms with Crippen molar-refractivity contribution in [3.63, 3.8) is 0 Å². The molecule has 2 aliphatic heterocycles. The van der Waals surface area contributed by atoms with Crippen LogP contribution < -0.4 is 9.47 Å². The molecule has 2 aliphatic rings. The van der Waals surface area contributed by atoms with Gasteiger partial charge in [0, 0.05) is 38.8 Å². The highest BCUT2D eigenvalue weighted by atomic mass is 19.3. The lowest BCUT2D eigenvalue weighted by atomic mass is 10.1. The van der Waals surface area contributed by atoms with Crippen molar-refractivity contribution in [2.75, 3.05) is 26.2 Å². The molecule has 7 nitrogen and oxygen atoms in total. The van der Waals surface area contributed by atoms with Crippen LogP contribution in [0.1, 0.15) is 28.2 Å². The smallest absolute Gasteiger partial charge is 0.395 e. The van der Waals surface area contributed by atoms with Gasteiger partial charge in [-0.25, -0.2) is 0 Å². The average molecular weight is 379 g/mol. The molecule has 1 aromatic heterocycles. The van der Waals surface area contributed by atoms with Crippen molar-refractivity contribution in [3.8, 4) is 11.5 Å². The molecule has 0 atom stereocenters. The lowest BCUT2D eigenvalue weighted by Gasteiger charge is -2.22. The highest BCUT2D eigenvalue weighted by Gasteiger charge is 2.45. The van der Waals surface area contributed by atoms with Crippen molar-refractivity contribution < 1.29 is 27.6 Å². The number of halogens is 2. The number of amides is 1. The van der Waals surface area contributed by atoms with Crippen molar-refractivity contribution >= 4 is 5.91 Å². The number of benzene rings is 1. The molecule has 2 aromatic rings. The first-order valence-corrected chi connectivity index (χ1v) is 8.74. The molecule has 1 saturated heterocycles. The zero-order chi connectivity index (χ0) is 19.0. The maximum Gasteiger partial charge on any atom is 0.586 e. The average Bonchev–Trinajstić information content (AvgIpc) is 3.07. The molecule has 0 radical (unpaired) electrons. The molecule has 1 fully saturated rings. The number of hydrogen-bond acceptors (Lipinski definition) is 6. The number of aryl methyl sites for hydroxylation is 1. The zero-order valence-corrected chi connectivity index (χ0v) is 14.8. The van der Waals surface area contributed by atoms with Gasteiger partial charge < -0.3 is 18.9 Å². The van der Waals surface area contributed by atoms with Crippen molar-refractivity contribution in [2.45, 2.75) is 26.2 Å². The molecule has 27 heavy (non-hydrogen) atoms. The second kappa shape index (κ2) is 6.80. The quantitative estimate of drug-likeness (QED) is 0.817. The Labute approximate surface area is 154 Å². The molecule has 0 spiro atoms. The van der Waals surface area contributed by atoms with E-state index in [1.807, 2.05) is 13.0 Å². The van der Waals surface area contributed by atoms with Gasteiger partial charge in [0.15, 0.2) is 11.5 Å². The minimum atomic E-state index is -3.75. The third-order valence-electron chi connectivity index (χ3n) is 4.60. The summed E-state index contributed by atoms with van der Waals surface area (Å²) in [7, 11) is 0. The van der Waals surface area contributed by atoms with Crippen LogP contribution in [0.15, 0.2) is 28.8 Å². The van der Waals surface area contributed by atoms with Gasteiger partial charge in [-0.2, -0.15) is 0 Å².